The van der Waals surface area contributed by atoms with Crippen molar-refractivity contribution in [3.8, 4) is 5.75 Å². The quantitative estimate of drug-likeness (QED) is 0.420. The van der Waals surface area contributed by atoms with E-state index in [1.54, 1.807) is 36.9 Å². The van der Waals surface area contributed by atoms with E-state index in [2.05, 4.69) is 20.4 Å². The summed E-state index contributed by atoms with van der Waals surface area (Å²) >= 11 is 0. The Morgan fingerprint density at radius 3 is 2.58 bits per heavy atom. The predicted molar refractivity (Wildman–Crippen MR) is 120 cm³/mol. The molecule has 4 aromatic rings. The number of aromatic nitrogens is 4. The smallest absolute Gasteiger partial charge is 0.339 e. The first-order valence-electron chi connectivity index (χ1n) is 9.86. The van der Waals surface area contributed by atoms with Gasteiger partial charge in [0, 0.05) is 26.0 Å². The number of benzene rings is 1. The molecule has 2 N–H and O–H groups in total. The standard InChI is InChI=1S/C22H21N5O5S/c1-13-19-20(17(22(28)29)12-25-21(19)27(2)26-13)24-11-14-8-9-23-18(10-14)33(30,31)16-6-4-15(32-3)5-7-16/h4-10,12H,11H2,1-3H3,(H,24,25)(H,28,29). The summed E-state index contributed by atoms with van der Waals surface area (Å²) in [7, 11) is -0.612. The number of nitrogens with one attached hydrogen (secondary N) is 1. The zero-order chi connectivity index (χ0) is 23.8. The van der Waals surface area contributed by atoms with Gasteiger partial charge in [0.05, 0.1) is 28.8 Å². The van der Waals surface area contributed by atoms with Crippen molar-refractivity contribution >= 4 is 32.5 Å². The van der Waals surface area contributed by atoms with Crippen LogP contribution in [0.4, 0.5) is 5.69 Å². The number of sulfone groups is 1. The van der Waals surface area contributed by atoms with Crippen molar-refractivity contribution in [1.82, 2.24) is 19.7 Å². The van der Waals surface area contributed by atoms with E-state index in [9.17, 15) is 18.3 Å². The third kappa shape index (κ3) is 4.10. The lowest BCUT2D eigenvalue weighted by molar-refractivity contribution is 0.0697. The van der Waals surface area contributed by atoms with Crippen molar-refractivity contribution in [1.29, 1.82) is 0 Å². The molecule has 1 aromatic carbocycles. The molecule has 0 unspecified atom stereocenters. The molecule has 0 saturated heterocycles. The molecule has 4 rings (SSSR count). The molecule has 0 aliphatic heterocycles. The van der Waals surface area contributed by atoms with Crippen LogP contribution in [0.2, 0.25) is 0 Å². The van der Waals surface area contributed by atoms with Gasteiger partial charge < -0.3 is 15.2 Å². The number of nitrogens with zero attached hydrogens (tertiary/aromatic N) is 4. The highest BCUT2D eigenvalue weighted by atomic mass is 32.2. The topological polar surface area (TPSA) is 136 Å². The molecule has 0 spiro atoms. The van der Waals surface area contributed by atoms with Gasteiger partial charge in [0.2, 0.25) is 9.84 Å². The zero-order valence-electron chi connectivity index (χ0n) is 18.1. The van der Waals surface area contributed by atoms with Crippen LogP contribution in [0.5, 0.6) is 5.75 Å². The molecule has 0 aliphatic carbocycles. The summed E-state index contributed by atoms with van der Waals surface area (Å²) in [4.78, 5) is 20.1. The van der Waals surface area contributed by atoms with Gasteiger partial charge in [-0.15, -0.1) is 0 Å². The number of carbonyl (C=O) groups is 1. The number of aromatic carboxylic acids is 1. The first-order chi connectivity index (χ1) is 15.7. The summed E-state index contributed by atoms with van der Waals surface area (Å²) in [6, 6.07) is 9.17. The normalized spacial score (nSPS) is 11.5. The fourth-order valence-electron chi connectivity index (χ4n) is 3.53. The molecule has 0 fully saturated rings. The Balaban J connectivity index is 1.67. The van der Waals surface area contributed by atoms with Crippen LogP contribution in [-0.4, -0.2) is 46.4 Å². The number of rotatable bonds is 7. The van der Waals surface area contributed by atoms with Crippen LogP contribution in [0.25, 0.3) is 11.0 Å². The number of carboxylic acids is 1. The maximum Gasteiger partial charge on any atom is 0.339 e. The summed E-state index contributed by atoms with van der Waals surface area (Å²) in [5.74, 6) is -0.587. The zero-order valence-corrected chi connectivity index (χ0v) is 18.9. The maximum absolute atomic E-state index is 13.0. The Kier molecular flexibility index (Phi) is 5.73. The molecule has 11 heteroatoms. The number of carboxylic acid groups (broad SMARTS) is 1. The summed E-state index contributed by atoms with van der Waals surface area (Å²) in [6.45, 7) is 1.94. The third-order valence-electron chi connectivity index (χ3n) is 5.17. The number of hydrogen-bond donors (Lipinski definition) is 2. The molecule has 170 valence electrons. The van der Waals surface area contributed by atoms with Crippen molar-refractivity contribution in [3.63, 3.8) is 0 Å². The van der Waals surface area contributed by atoms with E-state index in [4.69, 9.17) is 4.74 Å². The SMILES string of the molecule is COc1ccc(S(=O)(=O)c2cc(CNc3c(C(=O)O)cnc4c3c(C)nn4C)ccn2)cc1. The fraction of sp³-hybridized carbons (Fsp3) is 0.182. The van der Waals surface area contributed by atoms with Crippen LogP contribution in [0.3, 0.4) is 0 Å². The molecule has 0 radical (unpaired) electrons. The van der Waals surface area contributed by atoms with Gasteiger partial charge in [-0.1, -0.05) is 0 Å². The van der Waals surface area contributed by atoms with Crippen LogP contribution in [-0.2, 0) is 23.4 Å². The van der Waals surface area contributed by atoms with Crippen LogP contribution >= 0.6 is 0 Å². The lowest BCUT2D eigenvalue weighted by atomic mass is 10.1. The van der Waals surface area contributed by atoms with Crippen LogP contribution in [0.1, 0.15) is 21.6 Å². The van der Waals surface area contributed by atoms with Crippen molar-refractivity contribution in [2.45, 2.75) is 23.4 Å². The molecular weight excluding hydrogens is 446 g/mol. The van der Waals surface area contributed by atoms with Gasteiger partial charge in [0.25, 0.3) is 0 Å². The summed E-state index contributed by atoms with van der Waals surface area (Å²) in [6.07, 6.45) is 2.68. The van der Waals surface area contributed by atoms with Crippen LogP contribution < -0.4 is 10.1 Å². The Hall–Kier alpha value is -3.99. The number of pyridine rings is 2. The van der Waals surface area contributed by atoms with Gasteiger partial charge in [-0.25, -0.2) is 23.2 Å². The Morgan fingerprint density at radius 1 is 1.18 bits per heavy atom. The van der Waals surface area contributed by atoms with Crippen LogP contribution in [0, 0.1) is 6.92 Å². The van der Waals surface area contributed by atoms with Crippen molar-refractivity contribution in [3.05, 3.63) is 65.6 Å². The summed E-state index contributed by atoms with van der Waals surface area (Å²) in [5.41, 5.74) is 2.15. The monoisotopic (exact) mass is 467 g/mol. The second kappa shape index (κ2) is 8.51. The first-order valence-corrected chi connectivity index (χ1v) is 11.3. The molecule has 10 nitrogen and oxygen atoms in total. The number of anilines is 1. The molecular formula is C22H21N5O5S. The average molecular weight is 468 g/mol. The lowest BCUT2D eigenvalue weighted by Gasteiger charge is -2.12. The largest absolute Gasteiger partial charge is 0.497 e. The number of hydrogen-bond acceptors (Lipinski definition) is 8. The van der Waals surface area contributed by atoms with Crippen molar-refractivity contribution < 1.29 is 23.1 Å². The first kappa shape index (κ1) is 22.2. The van der Waals surface area contributed by atoms with Crippen molar-refractivity contribution in [2.75, 3.05) is 12.4 Å². The van der Waals surface area contributed by atoms with Crippen molar-refractivity contribution in [2.24, 2.45) is 7.05 Å². The Bertz CT molecular complexity index is 1460. The second-order valence-electron chi connectivity index (χ2n) is 7.29. The minimum absolute atomic E-state index is 0.00117. The van der Waals surface area contributed by atoms with Gasteiger partial charge >= 0.3 is 5.97 Å². The van der Waals surface area contributed by atoms with E-state index in [1.165, 1.54) is 37.7 Å². The molecule has 33 heavy (non-hydrogen) atoms. The number of methoxy groups -OCH3 is 1. The molecule has 0 amide bonds. The van der Waals surface area contributed by atoms with Gasteiger partial charge in [-0.2, -0.15) is 5.10 Å². The predicted octanol–water partition coefficient (Wildman–Crippen LogP) is 2.82. The van der Waals surface area contributed by atoms with Crippen LogP contribution in [0.15, 0.2) is 58.7 Å². The minimum atomic E-state index is -3.84. The van der Waals surface area contributed by atoms with E-state index in [-0.39, 0.29) is 22.0 Å². The summed E-state index contributed by atoms with van der Waals surface area (Å²) < 4.78 is 32.7. The third-order valence-corrected chi connectivity index (χ3v) is 6.84. The number of aryl methyl sites for hydroxylation is 2. The lowest BCUT2D eigenvalue weighted by Crippen LogP contribution is -2.10. The van der Waals surface area contributed by atoms with Gasteiger partial charge in [0.1, 0.15) is 11.3 Å². The van der Waals surface area contributed by atoms with E-state index >= 15 is 0 Å². The minimum Gasteiger partial charge on any atom is -0.497 e. The Labute approximate surface area is 189 Å². The van der Waals surface area contributed by atoms with Gasteiger partial charge in [-0.05, 0) is 48.9 Å². The molecule has 0 saturated carbocycles. The van der Waals surface area contributed by atoms with Gasteiger partial charge in [0.15, 0.2) is 10.7 Å². The molecule has 0 aliphatic rings. The average Bonchev–Trinajstić information content (AvgIpc) is 3.11. The molecule has 3 aromatic heterocycles. The highest BCUT2D eigenvalue weighted by Crippen LogP contribution is 2.29. The highest BCUT2D eigenvalue weighted by molar-refractivity contribution is 7.91. The van der Waals surface area contributed by atoms with E-state index in [0.717, 1.165) is 0 Å². The molecule has 3 heterocycles. The Morgan fingerprint density at radius 2 is 1.91 bits per heavy atom. The van der Waals surface area contributed by atoms with E-state index in [0.29, 0.717) is 33.7 Å². The fourth-order valence-corrected chi connectivity index (χ4v) is 4.77. The van der Waals surface area contributed by atoms with E-state index in [1.807, 2.05) is 0 Å². The molecule has 0 bridgehead atoms. The van der Waals surface area contributed by atoms with Gasteiger partial charge in [-0.3, -0.25) is 4.68 Å². The highest BCUT2D eigenvalue weighted by Gasteiger charge is 2.21. The number of fused-ring (bicyclic) bond motifs is 1. The summed E-state index contributed by atoms with van der Waals surface area (Å²) in [5, 5.41) is 17.6. The van der Waals surface area contributed by atoms with E-state index < -0.39 is 15.8 Å². The molecule has 0 atom stereocenters. The second-order valence-corrected chi connectivity index (χ2v) is 9.19. The number of ether oxygens (including phenoxy) is 1. The maximum atomic E-state index is 13.0.